The summed E-state index contributed by atoms with van der Waals surface area (Å²) in [7, 11) is 0. The van der Waals surface area contributed by atoms with Crippen molar-refractivity contribution in [1.82, 2.24) is 0 Å². The van der Waals surface area contributed by atoms with Crippen LogP contribution in [-0.2, 0) is 11.2 Å². The van der Waals surface area contributed by atoms with Crippen LogP contribution in [0, 0.1) is 17.2 Å². The first-order valence-electron chi connectivity index (χ1n) is 6.48. The number of benzene rings is 1. The van der Waals surface area contributed by atoms with Crippen molar-refractivity contribution in [1.29, 1.82) is 5.26 Å². The fraction of sp³-hybridized carbons (Fsp3) is 0.467. The Morgan fingerprint density at radius 2 is 2.00 bits per heavy atom. The molecule has 0 aliphatic rings. The second-order valence-electron chi connectivity index (χ2n) is 4.42. The Morgan fingerprint density at radius 3 is 2.50 bits per heavy atom. The van der Waals surface area contributed by atoms with Crippen LogP contribution in [0.1, 0.15) is 38.7 Å². The van der Waals surface area contributed by atoms with Crippen LogP contribution in [0.5, 0.6) is 0 Å². The maximum atomic E-state index is 11.7. The molecule has 18 heavy (non-hydrogen) atoms. The fourth-order valence-electron chi connectivity index (χ4n) is 1.82. The molecule has 3 heteroatoms. The van der Waals surface area contributed by atoms with Crippen molar-refractivity contribution in [3.05, 3.63) is 29.8 Å². The standard InChI is InChI=1S/C15H20N2O/c1-3-5-13(11-16)10-15(18)17-14-8-6-12(4-2)7-9-14/h6-9,13H,3-5,10H2,1-2H3,(H,17,18). The molecule has 1 atom stereocenters. The van der Waals surface area contributed by atoms with Crippen molar-refractivity contribution < 1.29 is 4.79 Å². The summed E-state index contributed by atoms with van der Waals surface area (Å²) in [6.07, 6.45) is 2.97. The Labute approximate surface area is 109 Å². The number of nitrogens with one attached hydrogen (secondary N) is 1. The van der Waals surface area contributed by atoms with Gasteiger partial charge in [-0.1, -0.05) is 32.4 Å². The van der Waals surface area contributed by atoms with Gasteiger partial charge in [-0.15, -0.1) is 0 Å². The van der Waals surface area contributed by atoms with E-state index in [9.17, 15) is 4.79 Å². The third-order valence-corrected chi connectivity index (χ3v) is 2.90. The SMILES string of the molecule is CCCC(C#N)CC(=O)Nc1ccc(CC)cc1. The Balaban J connectivity index is 2.51. The molecule has 1 amide bonds. The zero-order valence-electron chi connectivity index (χ0n) is 11.1. The quantitative estimate of drug-likeness (QED) is 0.832. The number of anilines is 1. The predicted octanol–water partition coefficient (Wildman–Crippen LogP) is 3.52. The van der Waals surface area contributed by atoms with E-state index in [-0.39, 0.29) is 18.2 Å². The van der Waals surface area contributed by atoms with Crippen molar-refractivity contribution in [3.8, 4) is 6.07 Å². The van der Waals surface area contributed by atoms with E-state index in [4.69, 9.17) is 5.26 Å². The number of hydrogen-bond donors (Lipinski definition) is 1. The van der Waals surface area contributed by atoms with E-state index in [1.807, 2.05) is 31.2 Å². The molecular weight excluding hydrogens is 224 g/mol. The van der Waals surface area contributed by atoms with Gasteiger partial charge in [-0.05, 0) is 30.5 Å². The number of carbonyl (C=O) groups excluding carboxylic acids is 1. The zero-order valence-corrected chi connectivity index (χ0v) is 11.1. The average Bonchev–Trinajstić information content (AvgIpc) is 2.39. The first-order valence-corrected chi connectivity index (χ1v) is 6.48. The molecule has 1 aromatic carbocycles. The smallest absolute Gasteiger partial charge is 0.225 e. The molecule has 0 heterocycles. The predicted molar refractivity (Wildman–Crippen MR) is 73.1 cm³/mol. The maximum absolute atomic E-state index is 11.7. The number of rotatable bonds is 6. The highest BCUT2D eigenvalue weighted by Crippen LogP contribution is 2.14. The number of nitrogens with zero attached hydrogens (tertiary/aromatic N) is 1. The molecule has 0 saturated heterocycles. The molecule has 0 fully saturated rings. The zero-order chi connectivity index (χ0) is 13.4. The molecule has 1 aromatic rings. The van der Waals surface area contributed by atoms with E-state index in [1.54, 1.807) is 0 Å². The molecular formula is C15H20N2O. The largest absolute Gasteiger partial charge is 0.326 e. The van der Waals surface area contributed by atoms with Crippen LogP contribution < -0.4 is 5.32 Å². The lowest BCUT2D eigenvalue weighted by molar-refractivity contribution is -0.116. The molecule has 1 rings (SSSR count). The summed E-state index contributed by atoms with van der Waals surface area (Å²) in [4.78, 5) is 11.7. The molecule has 96 valence electrons. The summed E-state index contributed by atoms with van der Waals surface area (Å²) in [6, 6.07) is 9.99. The number of hydrogen-bond acceptors (Lipinski definition) is 2. The van der Waals surface area contributed by atoms with Crippen LogP contribution >= 0.6 is 0 Å². The second-order valence-corrected chi connectivity index (χ2v) is 4.42. The number of carbonyl (C=O) groups is 1. The molecule has 0 aliphatic carbocycles. The van der Waals surface area contributed by atoms with Crippen molar-refractivity contribution in [3.63, 3.8) is 0 Å². The maximum Gasteiger partial charge on any atom is 0.225 e. The van der Waals surface area contributed by atoms with Crippen LogP contribution in [0.4, 0.5) is 5.69 Å². The first-order chi connectivity index (χ1) is 8.69. The second kappa shape index (κ2) is 7.50. The highest BCUT2D eigenvalue weighted by atomic mass is 16.1. The number of amides is 1. The summed E-state index contributed by atoms with van der Waals surface area (Å²) in [6.45, 7) is 4.11. The average molecular weight is 244 g/mol. The van der Waals surface area contributed by atoms with Gasteiger partial charge in [0.25, 0.3) is 0 Å². The van der Waals surface area contributed by atoms with E-state index >= 15 is 0 Å². The van der Waals surface area contributed by atoms with Gasteiger partial charge in [0.2, 0.25) is 5.91 Å². The molecule has 1 unspecified atom stereocenters. The Kier molecular flexibility index (Phi) is 5.93. The van der Waals surface area contributed by atoms with Crippen molar-refractivity contribution >= 4 is 11.6 Å². The van der Waals surface area contributed by atoms with Gasteiger partial charge in [0.1, 0.15) is 0 Å². The first kappa shape index (κ1) is 14.2. The van der Waals surface area contributed by atoms with Gasteiger partial charge in [0.15, 0.2) is 0 Å². The van der Waals surface area contributed by atoms with Crippen LogP contribution in [0.3, 0.4) is 0 Å². The van der Waals surface area contributed by atoms with Gasteiger partial charge in [0.05, 0.1) is 12.0 Å². The summed E-state index contributed by atoms with van der Waals surface area (Å²) >= 11 is 0. The molecule has 0 aliphatic heterocycles. The lowest BCUT2D eigenvalue weighted by Crippen LogP contribution is -2.15. The summed E-state index contributed by atoms with van der Waals surface area (Å²) in [5, 5.41) is 11.7. The summed E-state index contributed by atoms with van der Waals surface area (Å²) < 4.78 is 0. The molecule has 0 spiro atoms. The van der Waals surface area contributed by atoms with Crippen molar-refractivity contribution in [2.24, 2.45) is 5.92 Å². The Morgan fingerprint density at radius 1 is 1.33 bits per heavy atom. The summed E-state index contributed by atoms with van der Waals surface area (Å²) in [5.41, 5.74) is 2.04. The van der Waals surface area contributed by atoms with Crippen LogP contribution in [-0.4, -0.2) is 5.91 Å². The molecule has 0 aromatic heterocycles. The van der Waals surface area contributed by atoms with Crippen molar-refractivity contribution in [2.75, 3.05) is 5.32 Å². The minimum atomic E-state index is -0.176. The third kappa shape index (κ3) is 4.58. The highest BCUT2D eigenvalue weighted by Gasteiger charge is 2.12. The van der Waals surface area contributed by atoms with Gasteiger partial charge in [0, 0.05) is 12.1 Å². The topological polar surface area (TPSA) is 52.9 Å². The Hall–Kier alpha value is -1.82. The fourth-order valence-corrected chi connectivity index (χ4v) is 1.82. The normalized spacial score (nSPS) is 11.6. The van der Waals surface area contributed by atoms with Gasteiger partial charge in [-0.3, -0.25) is 4.79 Å². The molecule has 0 bridgehead atoms. The molecule has 1 N–H and O–H groups in total. The Bertz CT molecular complexity index is 417. The van der Waals surface area contributed by atoms with Gasteiger partial charge in [-0.2, -0.15) is 5.26 Å². The van der Waals surface area contributed by atoms with Crippen LogP contribution in [0.25, 0.3) is 0 Å². The summed E-state index contributed by atoms with van der Waals surface area (Å²) in [5.74, 6) is -0.260. The van der Waals surface area contributed by atoms with Gasteiger partial charge >= 0.3 is 0 Å². The number of aryl methyl sites for hydroxylation is 1. The van der Waals surface area contributed by atoms with Crippen LogP contribution in [0.15, 0.2) is 24.3 Å². The highest BCUT2D eigenvalue weighted by molar-refractivity contribution is 5.91. The third-order valence-electron chi connectivity index (χ3n) is 2.90. The van der Waals surface area contributed by atoms with E-state index in [1.165, 1.54) is 5.56 Å². The minimum Gasteiger partial charge on any atom is -0.326 e. The van der Waals surface area contributed by atoms with Crippen LogP contribution in [0.2, 0.25) is 0 Å². The van der Waals surface area contributed by atoms with E-state index in [0.29, 0.717) is 0 Å². The molecule has 0 saturated carbocycles. The van der Waals surface area contributed by atoms with Crippen molar-refractivity contribution in [2.45, 2.75) is 39.5 Å². The number of nitriles is 1. The van der Waals surface area contributed by atoms with Gasteiger partial charge < -0.3 is 5.32 Å². The van der Waals surface area contributed by atoms with E-state index < -0.39 is 0 Å². The lowest BCUT2D eigenvalue weighted by Gasteiger charge is -2.09. The van der Waals surface area contributed by atoms with E-state index in [0.717, 1.165) is 24.9 Å². The van der Waals surface area contributed by atoms with Gasteiger partial charge in [-0.25, -0.2) is 0 Å². The molecule has 3 nitrogen and oxygen atoms in total. The lowest BCUT2D eigenvalue weighted by atomic mass is 10.0. The van der Waals surface area contributed by atoms with E-state index in [2.05, 4.69) is 18.3 Å². The minimum absolute atomic E-state index is 0.0840. The molecule has 0 radical (unpaired) electrons. The monoisotopic (exact) mass is 244 g/mol.